The number of aryl methyl sites for hydroxylation is 2. The monoisotopic (exact) mass is 460 g/mol. The fraction of sp³-hybridized carbons (Fsp3) is 0.235. The first-order valence-corrected chi connectivity index (χ1v) is 10.2. The first-order chi connectivity index (χ1) is 13.8. The molecule has 158 valence electrons. The number of carbonyl (C=O) groups is 1. The Labute approximate surface area is 174 Å². The fourth-order valence-electron chi connectivity index (χ4n) is 2.92. The number of benzene rings is 1. The lowest BCUT2D eigenvalue weighted by Crippen LogP contribution is -3.12. The van der Waals surface area contributed by atoms with Crippen molar-refractivity contribution in [3.8, 4) is 6.07 Å². The summed E-state index contributed by atoms with van der Waals surface area (Å²) in [5.41, 5.74) is 0.557. The number of halogens is 4. The number of nitrogens with one attached hydrogen (secondary N) is 2. The number of carbonyl (C=O) groups excluding carboxylic acids is 1. The van der Waals surface area contributed by atoms with Gasteiger partial charge in [0, 0.05) is 6.20 Å². The van der Waals surface area contributed by atoms with Crippen molar-refractivity contribution in [1.82, 2.24) is 9.62 Å². The predicted octanol–water partition coefficient (Wildman–Crippen LogP) is 0.992. The Bertz CT molecular complexity index is 1180. The molecule has 1 unspecified atom stereocenters. The highest BCUT2D eigenvalue weighted by atomic mass is 35.5. The summed E-state index contributed by atoms with van der Waals surface area (Å²) in [5.74, 6) is -1.14. The number of hydrogen-bond donors (Lipinski definition) is 2. The van der Waals surface area contributed by atoms with Gasteiger partial charge < -0.3 is 0 Å². The van der Waals surface area contributed by atoms with E-state index < -0.39 is 28.9 Å². The molecule has 0 saturated carbocycles. The number of nitriles is 1. The maximum atomic E-state index is 12.9. The summed E-state index contributed by atoms with van der Waals surface area (Å²) in [6, 6.07) is 4.57. The molecule has 2 N–H and O–H groups in total. The standard InChI is InChI=1S/C17H13ClF3N5O3S/c1-9-4-14(10(2)3-11(9)5-22)30(28,29)24-16(27)13-7-25-8-26(17(19,20)21)6-12(18)15(25)23-13/h3-4,6-7H,8H2,1-2H3,(H,24,27)/p+1. The van der Waals surface area contributed by atoms with Crippen LogP contribution in [0.2, 0.25) is 0 Å². The highest BCUT2D eigenvalue weighted by molar-refractivity contribution is 7.90. The van der Waals surface area contributed by atoms with E-state index in [1.807, 2.05) is 10.8 Å². The molecule has 0 spiro atoms. The van der Waals surface area contributed by atoms with Crippen LogP contribution in [0, 0.1) is 25.2 Å². The van der Waals surface area contributed by atoms with Gasteiger partial charge in [0.15, 0.2) is 12.4 Å². The van der Waals surface area contributed by atoms with Crippen molar-refractivity contribution in [2.45, 2.75) is 25.0 Å². The molecule has 0 aliphatic carbocycles. The number of amidine groups is 1. The maximum Gasteiger partial charge on any atom is 0.488 e. The normalized spacial score (nSPS) is 18.8. The maximum absolute atomic E-state index is 12.9. The second kappa shape index (κ2) is 7.42. The lowest BCUT2D eigenvalue weighted by atomic mass is 10.1. The van der Waals surface area contributed by atoms with Gasteiger partial charge in [-0.3, -0.25) is 4.79 Å². The lowest BCUT2D eigenvalue weighted by Gasteiger charge is -2.28. The van der Waals surface area contributed by atoms with Crippen molar-refractivity contribution >= 4 is 33.4 Å². The van der Waals surface area contributed by atoms with Crippen LogP contribution in [0.25, 0.3) is 0 Å². The Kier molecular flexibility index (Phi) is 5.40. The van der Waals surface area contributed by atoms with E-state index in [0.717, 1.165) is 6.20 Å². The Hall–Kier alpha value is -2.88. The van der Waals surface area contributed by atoms with E-state index in [1.54, 1.807) is 6.92 Å². The zero-order valence-electron chi connectivity index (χ0n) is 15.5. The van der Waals surface area contributed by atoms with Gasteiger partial charge in [0.2, 0.25) is 0 Å². The summed E-state index contributed by atoms with van der Waals surface area (Å²) < 4.78 is 65.9. The van der Waals surface area contributed by atoms with Crippen LogP contribution in [-0.4, -0.2) is 38.0 Å². The Morgan fingerprint density at radius 3 is 2.60 bits per heavy atom. The van der Waals surface area contributed by atoms with Gasteiger partial charge in [-0.2, -0.15) is 10.3 Å². The van der Waals surface area contributed by atoms with E-state index in [-0.39, 0.29) is 36.8 Å². The van der Waals surface area contributed by atoms with Gasteiger partial charge in [0.25, 0.3) is 21.8 Å². The van der Waals surface area contributed by atoms with E-state index in [1.165, 1.54) is 19.1 Å². The summed E-state index contributed by atoms with van der Waals surface area (Å²) in [7, 11) is -4.32. The van der Waals surface area contributed by atoms with E-state index in [9.17, 15) is 26.4 Å². The van der Waals surface area contributed by atoms with Crippen LogP contribution in [0.4, 0.5) is 13.2 Å². The molecule has 2 aliphatic rings. The summed E-state index contributed by atoms with van der Waals surface area (Å²) in [6.07, 6.45) is -2.96. The van der Waals surface area contributed by atoms with Gasteiger partial charge in [-0.05, 0) is 37.1 Å². The second-order valence-electron chi connectivity index (χ2n) is 6.57. The van der Waals surface area contributed by atoms with Crippen molar-refractivity contribution in [2.75, 3.05) is 6.67 Å². The van der Waals surface area contributed by atoms with Crippen LogP contribution < -0.4 is 9.62 Å². The number of amides is 1. The Morgan fingerprint density at radius 1 is 1.33 bits per heavy atom. The predicted molar refractivity (Wildman–Crippen MR) is 99.1 cm³/mol. The molecule has 1 aromatic rings. The van der Waals surface area contributed by atoms with Gasteiger partial charge in [0.05, 0.1) is 16.5 Å². The molecule has 0 bridgehead atoms. The van der Waals surface area contributed by atoms with Crippen LogP contribution in [0.5, 0.6) is 0 Å². The molecule has 1 amide bonds. The van der Waals surface area contributed by atoms with E-state index in [4.69, 9.17) is 16.9 Å². The second-order valence-corrected chi connectivity index (χ2v) is 8.63. The van der Waals surface area contributed by atoms with Gasteiger partial charge >= 0.3 is 6.30 Å². The van der Waals surface area contributed by atoms with Gasteiger partial charge in [-0.25, -0.2) is 22.9 Å². The average molecular weight is 461 g/mol. The molecule has 2 aliphatic heterocycles. The van der Waals surface area contributed by atoms with Crippen LogP contribution in [0.15, 0.2) is 45.1 Å². The summed E-state index contributed by atoms with van der Waals surface area (Å²) >= 11 is 5.84. The molecule has 0 saturated heterocycles. The summed E-state index contributed by atoms with van der Waals surface area (Å²) in [5, 5.41) is 8.71. The zero-order chi connectivity index (χ0) is 22.4. The van der Waals surface area contributed by atoms with Gasteiger partial charge in [-0.15, -0.1) is 13.2 Å². The van der Waals surface area contributed by atoms with Gasteiger partial charge in [-0.1, -0.05) is 11.6 Å². The Morgan fingerprint density at radius 2 is 2.00 bits per heavy atom. The molecule has 1 aromatic carbocycles. The van der Waals surface area contributed by atoms with Crippen molar-refractivity contribution in [3.05, 3.63) is 52.0 Å². The smallest absolute Gasteiger partial charge is 0.266 e. The quantitative estimate of drug-likeness (QED) is 0.654. The number of alkyl halides is 3. The zero-order valence-corrected chi connectivity index (χ0v) is 17.1. The molecule has 30 heavy (non-hydrogen) atoms. The number of sulfonamides is 1. The van der Waals surface area contributed by atoms with E-state index in [2.05, 4.69) is 4.99 Å². The molecule has 3 rings (SSSR count). The van der Waals surface area contributed by atoms with Crippen molar-refractivity contribution in [1.29, 1.82) is 5.26 Å². The highest BCUT2D eigenvalue weighted by Crippen LogP contribution is 2.25. The van der Waals surface area contributed by atoms with E-state index in [0.29, 0.717) is 17.3 Å². The molecule has 0 fully saturated rings. The molecule has 8 nitrogen and oxygen atoms in total. The number of nitrogens with zero attached hydrogens (tertiary/aromatic N) is 3. The minimum absolute atomic E-state index is 0.0230. The van der Waals surface area contributed by atoms with E-state index >= 15 is 0 Å². The number of rotatable bonds is 3. The van der Waals surface area contributed by atoms with Gasteiger partial charge in [0.1, 0.15) is 11.2 Å². The topological polar surface area (TPSA) is 107 Å². The third-order valence-electron chi connectivity index (χ3n) is 4.40. The third kappa shape index (κ3) is 4.04. The highest BCUT2D eigenvalue weighted by Gasteiger charge is 2.44. The molecule has 0 aromatic heterocycles. The number of hydrogen-bond acceptors (Lipinski definition) is 6. The number of aliphatic imine (C=N–C) groups is 1. The van der Waals surface area contributed by atoms with Crippen LogP contribution in [0.3, 0.4) is 0 Å². The minimum Gasteiger partial charge on any atom is -0.266 e. The molecule has 1 atom stereocenters. The fourth-order valence-corrected chi connectivity index (χ4v) is 4.48. The van der Waals surface area contributed by atoms with Crippen LogP contribution in [-0.2, 0) is 14.8 Å². The largest absolute Gasteiger partial charge is 0.488 e. The van der Waals surface area contributed by atoms with Crippen molar-refractivity contribution in [2.24, 2.45) is 4.99 Å². The van der Waals surface area contributed by atoms with Crippen LogP contribution >= 0.6 is 11.6 Å². The molecular weight excluding hydrogens is 447 g/mol. The SMILES string of the molecule is Cc1cc(S(=O)(=O)NC(=O)C2=C[NH+]3CN(C(F)(F)F)C=C(Cl)C3=N2)c(C)cc1C#N. The van der Waals surface area contributed by atoms with Crippen LogP contribution in [0.1, 0.15) is 16.7 Å². The molecule has 2 heterocycles. The molecule has 0 radical (unpaired) electrons. The molecule has 13 heteroatoms. The summed E-state index contributed by atoms with van der Waals surface area (Å²) in [4.78, 5) is 16.2. The Balaban J connectivity index is 1.85. The lowest BCUT2D eigenvalue weighted by molar-refractivity contribution is -0.763. The number of quaternary nitrogens is 1. The first kappa shape index (κ1) is 21.8. The third-order valence-corrected chi connectivity index (χ3v) is 6.15. The molecular formula is C17H14ClF3N5O3S+. The minimum atomic E-state index is -4.67. The first-order valence-electron chi connectivity index (χ1n) is 8.29. The average Bonchev–Trinajstić information content (AvgIpc) is 3.07. The van der Waals surface area contributed by atoms with Crippen molar-refractivity contribution in [3.63, 3.8) is 0 Å². The number of fused-ring (bicyclic) bond motifs is 1. The summed E-state index contributed by atoms with van der Waals surface area (Å²) in [6.45, 7) is 2.40. The van der Waals surface area contributed by atoms with Crippen molar-refractivity contribution < 1.29 is 31.3 Å².